The summed E-state index contributed by atoms with van der Waals surface area (Å²) in [6, 6.07) is 3.22. The van der Waals surface area contributed by atoms with Crippen LogP contribution in [-0.4, -0.2) is 34.3 Å². The fourth-order valence-electron chi connectivity index (χ4n) is 1.12. The van der Waals surface area contributed by atoms with Crippen LogP contribution in [0.4, 0.5) is 5.82 Å². The summed E-state index contributed by atoms with van der Waals surface area (Å²) in [5, 5.41) is 20.1. The molecular formula is C11H12N2O3. The predicted molar refractivity (Wildman–Crippen MR) is 59.3 cm³/mol. The number of aliphatic hydroxyl groups excluding tert-OH is 1. The Bertz CT molecular complexity index is 446. The molecule has 0 aliphatic heterocycles. The minimum absolute atomic E-state index is 0.00221. The minimum atomic E-state index is -1.06. The molecule has 0 fully saturated rings. The van der Waals surface area contributed by atoms with Gasteiger partial charge in [0.25, 0.3) is 0 Å². The van der Waals surface area contributed by atoms with Crippen molar-refractivity contribution in [3.63, 3.8) is 0 Å². The Hall–Kier alpha value is -2.06. The summed E-state index contributed by atoms with van der Waals surface area (Å²) in [4.78, 5) is 14.6. The number of nitrogens with zero attached hydrogens (tertiary/aromatic N) is 1. The van der Waals surface area contributed by atoms with Gasteiger partial charge in [0.05, 0.1) is 6.54 Å². The van der Waals surface area contributed by atoms with Crippen LogP contribution in [-0.2, 0) is 0 Å². The molecule has 0 saturated carbocycles. The molecule has 0 unspecified atom stereocenters. The molecule has 84 valence electrons. The van der Waals surface area contributed by atoms with E-state index in [1.807, 2.05) is 0 Å². The molecule has 0 aliphatic rings. The second-order valence-electron chi connectivity index (χ2n) is 3.09. The number of aromatic nitrogens is 1. The Labute approximate surface area is 93.1 Å². The van der Waals surface area contributed by atoms with Gasteiger partial charge in [0, 0.05) is 0 Å². The predicted octanol–water partition coefficient (Wildman–Crippen LogP) is 0.496. The van der Waals surface area contributed by atoms with Crippen LogP contribution in [0.2, 0.25) is 0 Å². The van der Waals surface area contributed by atoms with Gasteiger partial charge in [0.15, 0.2) is 5.69 Å². The number of rotatable bonds is 3. The Balaban J connectivity index is 2.76. The number of carboxylic acid groups (broad SMARTS) is 1. The van der Waals surface area contributed by atoms with Crippen molar-refractivity contribution in [2.75, 3.05) is 18.5 Å². The highest BCUT2D eigenvalue weighted by atomic mass is 16.4. The Morgan fingerprint density at radius 2 is 2.25 bits per heavy atom. The molecular weight excluding hydrogens is 208 g/mol. The van der Waals surface area contributed by atoms with Gasteiger partial charge >= 0.3 is 5.97 Å². The molecule has 1 rings (SSSR count). The second-order valence-corrected chi connectivity index (χ2v) is 3.09. The average Bonchev–Trinajstić information content (AvgIpc) is 2.23. The highest BCUT2D eigenvalue weighted by Gasteiger charge is 2.06. The van der Waals surface area contributed by atoms with Crippen LogP contribution in [0.15, 0.2) is 12.1 Å². The van der Waals surface area contributed by atoms with E-state index in [0.29, 0.717) is 12.4 Å². The van der Waals surface area contributed by atoms with Crippen molar-refractivity contribution in [2.45, 2.75) is 6.92 Å². The number of hydrogen-bond acceptors (Lipinski definition) is 4. The lowest BCUT2D eigenvalue weighted by Gasteiger charge is -2.04. The number of nitrogens with one attached hydrogen (secondary N) is 1. The van der Waals surface area contributed by atoms with E-state index in [4.69, 9.17) is 10.2 Å². The van der Waals surface area contributed by atoms with Crippen molar-refractivity contribution in [3.8, 4) is 11.8 Å². The fourth-order valence-corrected chi connectivity index (χ4v) is 1.12. The second kappa shape index (κ2) is 5.73. The number of pyridine rings is 1. The summed E-state index contributed by atoms with van der Waals surface area (Å²) >= 11 is 0. The minimum Gasteiger partial charge on any atom is -0.477 e. The van der Waals surface area contributed by atoms with Crippen LogP contribution >= 0.6 is 0 Å². The Morgan fingerprint density at radius 1 is 1.50 bits per heavy atom. The van der Waals surface area contributed by atoms with E-state index in [1.54, 1.807) is 13.0 Å². The topological polar surface area (TPSA) is 82.5 Å². The molecule has 0 bridgehead atoms. The third-order valence-corrected chi connectivity index (χ3v) is 1.75. The summed E-state index contributed by atoms with van der Waals surface area (Å²) in [5.74, 6) is 4.52. The molecule has 0 amide bonds. The van der Waals surface area contributed by atoms with Crippen LogP contribution in [0.3, 0.4) is 0 Å². The molecule has 0 aromatic carbocycles. The lowest BCUT2D eigenvalue weighted by molar-refractivity contribution is 0.0690. The number of aryl methyl sites for hydroxylation is 1. The Kier molecular flexibility index (Phi) is 4.30. The van der Waals surface area contributed by atoms with E-state index in [1.165, 1.54) is 6.07 Å². The van der Waals surface area contributed by atoms with E-state index in [-0.39, 0.29) is 12.3 Å². The highest BCUT2D eigenvalue weighted by Crippen LogP contribution is 2.09. The molecule has 0 radical (unpaired) electrons. The molecule has 5 heteroatoms. The summed E-state index contributed by atoms with van der Waals surface area (Å²) in [5.41, 5.74) is 0.808. The standard InChI is InChI=1S/C11H12N2O3/c1-8-6-9(11(15)16)13-10(7-8)12-4-2-3-5-14/h6-7,14H,4-5H2,1H3,(H,12,13)(H,15,16). The first kappa shape index (κ1) is 12.0. The van der Waals surface area contributed by atoms with Crippen LogP contribution in [0.5, 0.6) is 0 Å². The molecule has 0 atom stereocenters. The largest absolute Gasteiger partial charge is 0.477 e. The van der Waals surface area contributed by atoms with Crippen molar-refractivity contribution >= 4 is 11.8 Å². The van der Waals surface area contributed by atoms with Gasteiger partial charge in [0.1, 0.15) is 12.4 Å². The van der Waals surface area contributed by atoms with Gasteiger partial charge in [-0.2, -0.15) is 0 Å². The summed E-state index contributed by atoms with van der Waals surface area (Å²) in [6.45, 7) is 1.91. The molecule has 1 heterocycles. The molecule has 16 heavy (non-hydrogen) atoms. The first-order valence-electron chi connectivity index (χ1n) is 4.66. The first-order chi connectivity index (χ1) is 7.63. The molecule has 5 nitrogen and oxygen atoms in total. The number of aromatic carboxylic acids is 1. The van der Waals surface area contributed by atoms with Gasteiger partial charge in [-0.05, 0) is 24.6 Å². The summed E-state index contributed by atoms with van der Waals surface area (Å²) in [7, 11) is 0. The summed E-state index contributed by atoms with van der Waals surface area (Å²) in [6.07, 6.45) is 0. The van der Waals surface area contributed by atoms with Gasteiger partial charge in [-0.3, -0.25) is 0 Å². The van der Waals surface area contributed by atoms with Gasteiger partial charge in [0.2, 0.25) is 0 Å². The third kappa shape index (κ3) is 3.59. The molecule has 1 aromatic heterocycles. The SMILES string of the molecule is Cc1cc(NCC#CCO)nc(C(=O)O)c1. The normalized spacial score (nSPS) is 9.12. The van der Waals surface area contributed by atoms with Crippen LogP contribution < -0.4 is 5.32 Å². The number of hydrogen-bond donors (Lipinski definition) is 3. The molecule has 1 aromatic rings. The van der Waals surface area contributed by atoms with Gasteiger partial charge in [-0.25, -0.2) is 9.78 Å². The van der Waals surface area contributed by atoms with Crippen LogP contribution in [0.25, 0.3) is 0 Å². The lowest BCUT2D eigenvalue weighted by atomic mass is 10.2. The zero-order valence-corrected chi connectivity index (χ0v) is 8.82. The van der Waals surface area contributed by atoms with Gasteiger partial charge in [-0.15, -0.1) is 0 Å². The molecule has 3 N–H and O–H groups in total. The molecule has 0 spiro atoms. The smallest absolute Gasteiger partial charge is 0.354 e. The van der Waals surface area contributed by atoms with Crippen LogP contribution in [0, 0.1) is 18.8 Å². The number of aliphatic hydroxyl groups is 1. The zero-order chi connectivity index (χ0) is 12.0. The van der Waals surface area contributed by atoms with E-state index in [0.717, 1.165) is 5.56 Å². The van der Waals surface area contributed by atoms with E-state index in [9.17, 15) is 4.79 Å². The Morgan fingerprint density at radius 3 is 2.88 bits per heavy atom. The van der Waals surface area contributed by atoms with Crippen molar-refractivity contribution in [2.24, 2.45) is 0 Å². The molecule has 0 aliphatic carbocycles. The quantitative estimate of drug-likeness (QED) is 0.646. The zero-order valence-electron chi connectivity index (χ0n) is 8.82. The van der Waals surface area contributed by atoms with Gasteiger partial charge < -0.3 is 15.5 Å². The third-order valence-electron chi connectivity index (χ3n) is 1.75. The van der Waals surface area contributed by atoms with E-state index in [2.05, 4.69) is 22.1 Å². The lowest BCUT2D eigenvalue weighted by Crippen LogP contribution is -2.06. The number of carboxylic acids is 1. The van der Waals surface area contributed by atoms with E-state index >= 15 is 0 Å². The first-order valence-corrected chi connectivity index (χ1v) is 4.66. The summed E-state index contributed by atoms with van der Waals surface area (Å²) < 4.78 is 0. The average molecular weight is 220 g/mol. The number of anilines is 1. The number of carbonyl (C=O) groups is 1. The van der Waals surface area contributed by atoms with Crippen molar-refractivity contribution in [3.05, 3.63) is 23.4 Å². The maximum Gasteiger partial charge on any atom is 0.354 e. The highest BCUT2D eigenvalue weighted by molar-refractivity contribution is 5.86. The molecule has 0 saturated heterocycles. The van der Waals surface area contributed by atoms with Crippen molar-refractivity contribution in [1.82, 2.24) is 4.98 Å². The van der Waals surface area contributed by atoms with Crippen molar-refractivity contribution < 1.29 is 15.0 Å². The van der Waals surface area contributed by atoms with Crippen molar-refractivity contribution in [1.29, 1.82) is 0 Å². The van der Waals surface area contributed by atoms with Gasteiger partial charge in [-0.1, -0.05) is 11.8 Å². The fraction of sp³-hybridized carbons (Fsp3) is 0.273. The maximum atomic E-state index is 10.7. The maximum absolute atomic E-state index is 10.7. The van der Waals surface area contributed by atoms with Crippen LogP contribution in [0.1, 0.15) is 16.1 Å². The van der Waals surface area contributed by atoms with E-state index < -0.39 is 5.97 Å². The monoisotopic (exact) mass is 220 g/mol.